The molecule has 0 atom stereocenters. The Morgan fingerprint density at radius 2 is 2.00 bits per heavy atom. The number of furan rings is 1. The summed E-state index contributed by atoms with van der Waals surface area (Å²) in [6.07, 6.45) is 2.71. The van der Waals surface area contributed by atoms with E-state index in [1.54, 1.807) is 9.58 Å². The van der Waals surface area contributed by atoms with E-state index in [-0.39, 0.29) is 11.7 Å². The number of carbonyl (C=O) groups is 1. The second-order valence-corrected chi connectivity index (χ2v) is 8.10. The zero-order valence-corrected chi connectivity index (χ0v) is 17.9. The highest BCUT2D eigenvalue weighted by atomic mass is 19.1. The van der Waals surface area contributed by atoms with Gasteiger partial charge in [0.2, 0.25) is 0 Å². The minimum Gasteiger partial charge on any atom is -0.465 e. The molecule has 0 saturated heterocycles. The van der Waals surface area contributed by atoms with E-state index in [1.165, 1.54) is 12.1 Å². The van der Waals surface area contributed by atoms with Crippen LogP contribution in [0.5, 0.6) is 0 Å². The molecule has 0 spiro atoms. The lowest BCUT2D eigenvalue weighted by Crippen LogP contribution is -2.32. The standard InChI is InChI=1S/C23H27FN4O2/c1-15-18(13-27(4)25-15)12-26(3)23(29)22-16(2)30-21-9-10-28(14-20(21)22)11-17-5-7-19(24)8-6-17/h5-8,13H,9-12,14H2,1-4H3. The fourth-order valence-electron chi connectivity index (χ4n) is 4.17. The second-order valence-electron chi connectivity index (χ2n) is 8.10. The number of amides is 1. The molecular formula is C23H27FN4O2. The van der Waals surface area contributed by atoms with Gasteiger partial charge >= 0.3 is 0 Å². The number of halogens is 1. The van der Waals surface area contributed by atoms with Gasteiger partial charge in [0, 0.05) is 64.0 Å². The third-order valence-electron chi connectivity index (χ3n) is 5.71. The second kappa shape index (κ2) is 8.07. The normalized spacial score (nSPS) is 14.0. The van der Waals surface area contributed by atoms with Gasteiger partial charge < -0.3 is 9.32 Å². The summed E-state index contributed by atoms with van der Waals surface area (Å²) in [4.78, 5) is 17.3. The van der Waals surface area contributed by atoms with Gasteiger partial charge in [0.25, 0.3) is 5.91 Å². The van der Waals surface area contributed by atoms with Gasteiger partial charge in [0.15, 0.2) is 0 Å². The average molecular weight is 410 g/mol. The number of carbonyl (C=O) groups excluding carboxylic acids is 1. The topological polar surface area (TPSA) is 54.5 Å². The van der Waals surface area contributed by atoms with E-state index in [0.717, 1.165) is 41.1 Å². The van der Waals surface area contributed by atoms with E-state index >= 15 is 0 Å². The summed E-state index contributed by atoms with van der Waals surface area (Å²) in [5.41, 5.74) is 4.64. The molecule has 1 aliphatic rings. The first kappa shape index (κ1) is 20.3. The van der Waals surface area contributed by atoms with Crippen LogP contribution in [0.2, 0.25) is 0 Å². The first-order chi connectivity index (χ1) is 14.3. The maximum absolute atomic E-state index is 13.3. The average Bonchev–Trinajstić information content (AvgIpc) is 3.20. The molecule has 30 heavy (non-hydrogen) atoms. The fourth-order valence-corrected chi connectivity index (χ4v) is 4.17. The van der Waals surface area contributed by atoms with Crippen LogP contribution in [0.3, 0.4) is 0 Å². The van der Waals surface area contributed by atoms with Crippen LogP contribution in [0.1, 0.15) is 44.3 Å². The number of rotatable bonds is 5. The summed E-state index contributed by atoms with van der Waals surface area (Å²) < 4.78 is 20.9. The van der Waals surface area contributed by atoms with Crippen LogP contribution < -0.4 is 0 Å². The van der Waals surface area contributed by atoms with Crippen molar-refractivity contribution in [2.75, 3.05) is 13.6 Å². The predicted molar refractivity (Wildman–Crippen MR) is 111 cm³/mol. The van der Waals surface area contributed by atoms with Crippen LogP contribution in [0.25, 0.3) is 0 Å². The minimum atomic E-state index is -0.232. The molecule has 6 nitrogen and oxygen atoms in total. The van der Waals surface area contributed by atoms with Gasteiger partial charge in [0.05, 0.1) is 11.3 Å². The molecule has 1 aliphatic heterocycles. The molecule has 0 unspecified atom stereocenters. The molecule has 158 valence electrons. The molecular weight excluding hydrogens is 383 g/mol. The van der Waals surface area contributed by atoms with Crippen LogP contribution in [-0.2, 0) is 33.1 Å². The molecule has 0 N–H and O–H groups in total. The SMILES string of the molecule is Cc1nn(C)cc1CN(C)C(=O)c1c(C)oc2c1CN(Cc1ccc(F)cc1)CC2. The van der Waals surface area contributed by atoms with E-state index in [2.05, 4.69) is 10.00 Å². The van der Waals surface area contributed by atoms with Crippen molar-refractivity contribution in [3.05, 3.63) is 75.7 Å². The first-order valence-electron chi connectivity index (χ1n) is 10.1. The summed E-state index contributed by atoms with van der Waals surface area (Å²) in [6, 6.07) is 6.58. The number of hydrogen-bond acceptors (Lipinski definition) is 4. The summed E-state index contributed by atoms with van der Waals surface area (Å²) in [5, 5.41) is 4.36. The molecule has 1 amide bonds. The molecule has 0 aliphatic carbocycles. The monoisotopic (exact) mass is 410 g/mol. The Morgan fingerprint density at radius 3 is 2.67 bits per heavy atom. The summed E-state index contributed by atoms with van der Waals surface area (Å²) >= 11 is 0. The Balaban J connectivity index is 1.52. The molecule has 3 heterocycles. The predicted octanol–water partition coefficient (Wildman–Crippen LogP) is 3.60. The maximum atomic E-state index is 13.3. The van der Waals surface area contributed by atoms with Crippen LogP contribution >= 0.6 is 0 Å². The number of hydrogen-bond donors (Lipinski definition) is 0. The van der Waals surface area contributed by atoms with Crippen molar-refractivity contribution in [1.29, 1.82) is 0 Å². The van der Waals surface area contributed by atoms with Crippen molar-refractivity contribution < 1.29 is 13.6 Å². The van der Waals surface area contributed by atoms with Gasteiger partial charge in [-0.2, -0.15) is 5.10 Å². The minimum absolute atomic E-state index is 0.0376. The van der Waals surface area contributed by atoms with Crippen LogP contribution in [0.4, 0.5) is 4.39 Å². The van der Waals surface area contributed by atoms with Crippen molar-refractivity contribution in [1.82, 2.24) is 19.6 Å². The third kappa shape index (κ3) is 4.03. The van der Waals surface area contributed by atoms with E-state index in [1.807, 2.05) is 46.3 Å². The number of nitrogens with zero attached hydrogens (tertiary/aromatic N) is 4. The third-order valence-corrected chi connectivity index (χ3v) is 5.71. The lowest BCUT2D eigenvalue weighted by molar-refractivity contribution is 0.0781. The Morgan fingerprint density at radius 1 is 1.27 bits per heavy atom. The number of benzene rings is 1. The first-order valence-corrected chi connectivity index (χ1v) is 10.1. The maximum Gasteiger partial charge on any atom is 0.257 e. The van der Waals surface area contributed by atoms with Gasteiger partial charge in [-0.25, -0.2) is 4.39 Å². The highest BCUT2D eigenvalue weighted by Crippen LogP contribution is 2.30. The zero-order valence-electron chi connectivity index (χ0n) is 17.9. The van der Waals surface area contributed by atoms with Crippen LogP contribution in [0.15, 0.2) is 34.9 Å². The van der Waals surface area contributed by atoms with Gasteiger partial charge in [-0.05, 0) is 31.5 Å². The highest BCUT2D eigenvalue weighted by molar-refractivity contribution is 5.96. The lowest BCUT2D eigenvalue weighted by atomic mass is 10.0. The van der Waals surface area contributed by atoms with Crippen molar-refractivity contribution in [2.24, 2.45) is 7.05 Å². The summed E-state index contributed by atoms with van der Waals surface area (Å²) in [7, 11) is 3.69. The lowest BCUT2D eigenvalue weighted by Gasteiger charge is -2.27. The number of aromatic nitrogens is 2. The molecule has 0 bridgehead atoms. The van der Waals surface area contributed by atoms with Gasteiger partial charge in [0.1, 0.15) is 17.3 Å². The Labute approximate surface area is 175 Å². The van der Waals surface area contributed by atoms with Crippen LogP contribution in [0, 0.1) is 19.7 Å². The molecule has 0 radical (unpaired) electrons. The van der Waals surface area contributed by atoms with E-state index in [0.29, 0.717) is 31.0 Å². The molecule has 3 aromatic rings. The van der Waals surface area contributed by atoms with Gasteiger partial charge in [-0.3, -0.25) is 14.4 Å². The fraction of sp³-hybridized carbons (Fsp3) is 0.391. The van der Waals surface area contributed by atoms with Gasteiger partial charge in [-0.1, -0.05) is 12.1 Å². The number of aryl methyl sites for hydroxylation is 3. The quantitative estimate of drug-likeness (QED) is 0.645. The number of fused-ring (bicyclic) bond motifs is 1. The Bertz CT molecular complexity index is 1070. The van der Waals surface area contributed by atoms with Gasteiger partial charge in [-0.15, -0.1) is 0 Å². The molecule has 0 saturated carbocycles. The largest absolute Gasteiger partial charge is 0.465 e. The van der Waals surface area contributed by atoms with Crippen molar-refractivity contribution in [3.63, 3.8) is 0 Å². The highest BCUT2D eigenvalue weighted by Gasteiger charge is 2.30. The molecule has 0 fully saturated rings. The van der Waals surface area contributed by atoms with E-state index < -0.39 is 0 Å². The van der Waals surface area contributed by atoms with Crippen LogP contribution in [-0.4, -0.2) is 39.1 Å². The van der Waals surface area contributed by atoms with Crippen molar-refractivity contribution in [3.8, 4) is 0 Å². The molecule has 2 aromatic heterocycles. The summed E-state index contributed by atoms with van der Waals surface area (Å²) in [6.45, 7) is 6.50. The Kier molecular flexibility index (Phi) is 5.47. The van der Waals surface area contributed by atoms with E-state index in [9.17, 15) is 9.18 Å². The van der Waals surface area contributed by atoms with Crippen molar-refractivity contribution >= 4 is 5.91 Å². The molecule has 7 heteroatoms. The summed E-state index contributed by atoms with van der Waals surface area (Å²) in [5.74, 6) is 1.30. The smallest absolute Gasteiger partial charge is 0.257 e. The van der Waals surface area contributed by atoms with Crippen molar-refractivity contribution in [2.45, 2.75) is 39.9 Å². The zero-order chi connectivity index (χ0) is 21.4. The van der Waals surface area contributed by atoms with E-state index in [4.69, 9.17) is 4.42 Å². The Hall–Kier alpha value is -2.93. The molecule has 1 aromatic carbocycles. The molecule has 4 rings (SSSR count).